The quantitative estimate of drug-likeness (QED) is 0.783. The van der Waals surface area contributed by atoms with Gasteiger partial charge in [0.15, 0.2) is 5.69 Å². The molecular formula is C18H25N5O. The van der Waals surface area contributed by atoms with Crippen LogP contribution in [0.3, 0.4) is 0 Å². The standard InChI is InChI=1S/C18H25N5O/c1-2-15-16(19)17(22-21-15)18(24)20-14-8-10-23(11-9-14)12-13-6-4-3-5-7-13/h3-7,14H,2,8-12,19H2,1H3,(H,20,24)(H,21,22). The Morgan fingerprint density at radius 3 is 2.67 bits per heavy atom. The third kappa shape index (κ3) is 3.76. The number of aryl methyl sites for hydroxylation is 1. The first-order chi connectivity index (χ1) is 11.7. The smallest absolute Gasteiger partial charge is 0.274 e. The molecule has 1 aliphatic rings. The van der Waals surface area contributed by atoms with Gasteiger partial charge in [0, 0.05) is 25.7 Å². The Kier molecular flexibility index (Phi) is 5.15. The minimum absolute atomic E-state index is 0.176. The average molecular weight is 327 g/mol. The maximum Gasteiger partial charge on any atom is 0.274 e. The van der Waals surface area contributed by atoms with Gasteiger partial charge in [-0.05, 0) is 24.8 Å². The van der Waals surface area contributed by atoms with Crippen molar-refractivity contribution in [3.8, 4) is 0 Å². The van der Waals surface area contributed by atoms with E-state index in [0.29, 0.717) is 11.4 Å². The molecule has 6 heteroatoms. The van der Waals surface area contributed by atoms with Crippen molar-refractivity contribution in [2.45, 2.75) is 38.8 Å². The predicted octanol–water partition coefficient (Wildman–Crippen LogP) is 1.95. The van der Waals surface area contributed by atoms with E-state index < -0.39 is 0 Å². The number of benzene rings is 1. The molecule has 0 bridgehead atoms. The maximum atomic E-state index is 12.3. The van der Waals surface area contributed by atoms with Crippen LogP contribution in [0.1, 0.15) is 41.5 Å². The second kappa shape index (κ2) is 7.49. The lowest BCUT2D eigenvalue weighted by Crippen LogP contribution is -2.44. The summed E-state index contributed by atoms with van der Waals surface area (Å²) in [5.41, 5.74) is 8.90. The number of carbonyl (C=O) groups is 1. The first-order valence-corrected chi connectivity index (χ1v) is 8.57. The molecule has 0 aliphatic carbocycles. The number of amides is 1. The largest absolute Gasteiger partial charge is 0.395 e. The molecule has 1 fully saturated rings. The second-order valence-electron chi connectivity index (χ2n) is 6.33. The van der Waals surface area contributed by atoms with Gasteiger partial charge >= 0.3 is 0 Å². The van der Waals surface area contributed by atoms with Gasteiger partial charge in [-0.25, -0.2) is 0 Å². The summed E-state index contributed by atoms with van der Waals surface area (Å²) in [5, 5.41) is 9.95. The number of nitrogens with two attached hydrogens (primary N) is 1. The molecule has 128 valence electrons. The molecule has 24 heavy (non-hydrogen) atoms. The Morgan fingerprint density at radius 2 is 2.04 bits per heavy atom. The first-order valence-electron chi connectivity index (χ1n) is 8.57. The van der Waals surface area contributed by atoms with Crippen LogP contribution in [0.4, 0.5) is 5.69 Å². The Morgan fingerprint density at radius 1 is 1.33 bits per heavy atom. The van der Waals surface area contributed by atoms with Crippen molar-refractivity contribution in [2.75, 3.05) is 18.8 Å². The van der Waals surface area contributed by atoms with Crippen LogP contribution in [0.5, 0.6) is 0 Å². The second-order valence-corrected chi connectivity index (χ2v) is 6.33. The van der Waals surface area contributed by atoms with Crippen molar-refractivity contribution in [1.82, 2.24) is 20.4 Å². The molecule has 1 amide bonds. The molecule has 0 unspecified atom stereocenters. The molecule has 6 nitrogen and oxygen atoms in total. The third-order valence-electron chi connectivity index (χ3n) is 4.62. The highest BCUT2D eigenvalue weighted by Crippen LogP contribution is 2.17. The number of hydrogen-bond acceptors (Lipinski definition) is 4. The average Bonchev–Trinajstić information content (AvgIpc) is 2.98. The summed E-state index contributed by atoms with van der Waals surface area (Å²) in [6.45, 7) is 4.91. The SMILES string of the molecule is CCc1[nH]nc(C(=O)NC2CCN(Cc3ccccc3)CC2)c1N. The van der Waals surface area contributed by atoms with E-state index in [2.05, 4.69) is 44.7 Å². The molecule has 0 spiro atoms. The first kappa shape index (κ1) is 16.5. The van der Waals surface area contributed by atoms with Crippen LogP contribution in [0, 0.1) is 0 Å². The number of rotatable bonds is 5. The van der Waals surface area contributed by atoms with Gasteiger partial charge in [0.2, 0.25) is 0 Å². The molecular weight excluding hydrogens is 302 g/mol. The van der Waals surface area contributed by atoms with E-state index in [1.54, 1.807) is 0 Å². The molecule has 1 aliphatic heterocycles. The van der Waals surface area contributed by atoms with Crippen LogP contribution in [-0.4, -0.2) is 40.1 Å². The normalized spacial score (nSPS) is 16.2. The van der Waals surface area contributed by atoms with Gasteiger partial charge in [-0.1, -0.05) is 37.3 Å². The number of nitrogens with zero attached hydrogens (tertiary/aromatic N) is 2. The highest BCUT2D eigenvalue weighted by atomic mass is 16.2. The molecule has 0 radical (unpaired) electrons. The molecule has 1 aromatic carbocycles. The lowest BCUT2D eigenvalue weighted by molar-refractivity contribution is 0.0905. The van der Waals surface area contributed by atoms with Crippen LogP contribution in [0.25, 0.3) is 0 Å². The number of hydrogen-bond donors (Lipinski definition) is 3. The Labute approximate surface area is 142 Å². The lowest BCUT2D eigenvalue weighted by atomic mass is 10.0. The van der Waals surface area contributed by atoms with E-state index in [4.69, 9.17) is 5.73 Å². The van der Waals surface area contributed by atoms with Gasteiger partial charge < -0.3 is 11.1 Å². The number of nitrogens with one attached hydrogen (secondary N) is 2. The fourth-order valence-electron chi connectivity index (χ4n) is 3.16. The molecule has 4 N–H and O–H groups in total. The van der Waals surface area contributed by atoms with Crippen LogP contribution < -0.4 is 11.1 Å². The summed E-state index contributed by atoms with van der Waals surface area (Å²) >= 11 is 0. The molecule has 0 saturated carbocycles. The number of aromatic amines is 1. The monoisotopic (exact) mass is 327 g/mol. The summed E-state index contributed by atoms with van der Waals surface area (Å²) in [7, 11) is 0. The molecule has 2 heterocycles. The Bertz CT molecular complexity index is 674. The van der Waals surface area contributed by atoms with E-state index >= 15 is 0 Å². The van der Waals surface area contributed by atoms with Crippen molar-refractivity contribution in [2.24, 2.45) is 0 Å². The zero-order valence-electron chi connectivity index (χ0n) is 14.1. The van der Waals surface area contributed by atoms with Crippen molar-refractivity contribution in [3.63, 3.8) is 0 Å². The number of likely N-dealkylation sites (tertiary alicyclic amines) is 1. The number of carbonyl (C=O) groups excluding carboxylic acids is 1. The highest BCUT2D eigenvalue weighted by Gasteiger charge is 2.23. The maximum absolute atomic E-state index is 12.3. The fraction of sp³-hybridized carbons (Fsp3) is 0.444. The predicted molar refractivity (Wildman–Crippen MR) is 94.6 cm³/mol. The van der Waals surface area contributed by atoms with Gasteiger partial charge in [0.1, 0.15) is 0 Å². The van der Waals surface area contributed by atoms with Crippen molar-refractivity contribution in [1.29, 1.82) is 0 Å². The number of H-pyrrole nitrogens is 1. The van der Waals surface area contributed by atoms with Crippen molar-refractivity contribution < 1.29 is 4.79 Å². The Balaban J connectivity index is 1.50. The van der Waals surface area contributed by atoms with Crippen molar-refractivity contribution in [3.05, 3.63) is 47.3 Å². The van der Waals surface area contributed by atoms with E-state index in [9.17, 15) is 4.79 Å². The van der Waals surface area contributed by atoms with Crippen LogP contribution >= 0.6 is 0 Å². The summed E-state index contributed by atoms with van der Waals surface area (Å²) in [5.74, 6) is -0.176. The minimum Gasteiger partial charge on any atom is -0.395 e. The summed E-state index contributed by atoms with van der Waals surface area (Å²) < 4.78 is 0. The highest BCUT2D eigenvalue weighted by molar-refractivity contribution is 5.97. The lowest BCUT2D eigenvalue weighted by Gasteiger charge is -2.32. The summed E-state index contributed by atoms with van der Waals surface area (Å²) in [4.78, 5) is 14.8. The van der Waals surface area contributed by atoms with Gasteiger partial charge in [0.05, 0.1) is 11.4 Å². The summed E-state index contributed by atoms with van der Waals surface area (Å²) in [6.07, 6.45) is 2.64. The van der Waals surface area contributed by atoms with Crippen LogP contribution in [-0.2, 0) is 13.0 Å². The molecule has 1 saturated heterocycles. The van der Waals surface area contributed by atoms with Crippen LogP contribution in [0.15, 0.2) is 30.3 Å². The van der Waals surface area contributed by atoms with Gasteiger partial charge in [-0.15, -0.1) is 0 Å². The van der Waals surface area contributed by atoms with Gasteiger partial charge in [0.25, 0.3) is 5.91 Å². The topological polar surface area (TPSA) is 87.0 Å². The molecule has 2 aromatic rings. The van der Waals surface area contributed by atoms with E-state index in [0.717, 1.165) is 44.6 Å². The fourth-order valence-corrected chi connectivity index (χ4v) is 3.16. The third-order valence-corrected chi connectivity index (χ3v) is 4.62. The molecule has 0 atom stereocenters. The van der Waals surface area contributed by atoms with E-state index in [1.165, 1.54) is 5.56 Å². The minimum atomic E-state index is -0.176. The number of aromatic nitrogens is 2. The number of anilines is 1. The van der Waals surface area contributed by atoms with Crippen molar-refractivity contribution >= 4 is 11.6 Å². The van der Waals surface area contributed by atoms with Crippen LogP contribution in [0.2, 0.25) is 0 Å². The van der Waals surface area contributed by atoms with Gasteiger partial charge in [-0.3, -0.25) is 14.8 Å². The number of piperidine rings is 1. The Hall–Kier alpha value is -2.34. The van der Waals surface area contributed by atoms with E-state index in [1.807, 2.05) is 13.0 Å². The zero-order valence-corrected chi connectivity index (χ0v) is 14.1. The molecule has 1 aromatic heterocycles. The zero-order chi connectivity index (χ0) is 16.9. The van der Waals surface area contributed by atoms with E-state index in [-0.39, 0.29) is 11.9 Å². The van der Waals surface area contributed by atoms with Gasteiger partial charge in [-0.2, -0.15) is 5.10 Å². The summed E-state index contributed by atoms with van der Waals surface area (Å²) in [6, 6.07) is 10.7. The number of nitrogen functional groups attached to an aromatic ring is 1. The molecule has 3 rings (SSSR count).